The molecule has 1 aromatic carbocycles. The summed E-state index contributed by atoms with van der Waals surface area (Å²) in [5.41, 5.74) is 3.84. The molecule has 3 aromatic heterocycles. The minimum Gasteiger partial charge on any atom is -0.496 e. The summed E-state index contributed by atoms with van der Waals surface area (Å²) in [6, 6.07) is 8.09. The number of nitrogens with zero attached hydrogens (tertiary/aromatic N) is 5. The number of nitrogens with one attached hydrogen (secondary N) is 1. The molecule has 0 saturated heterocycles. The van der Waals surface area contributed by atoms with Crippen LogP contribution in [0.1, 0.15) is 32.2 Å². The Bertz CT molecular complexity index is 1190. The molecule has 0 fully saturated rings. The first-order chi connectivity index (χ1) is 14.3. The Morgan fingerprint density at radius 3 is 2.60 bits per heavy atom. The number of hydrogen-bond acceptors (Lipinski definition) is 6. The quantitative estimate of drug-likeness (QED) is 0.538. The van der Waals surface area contributed by atoms with Crippen LogP contribution in [0.3, 0.4) is 0 Å². The standard InChI is InChI=1S/C23H26N6O/c1-23(2,3)28-22-21-17(8-9-24-22)12-25-20(27-21)11-16-7-6-15(10-19(16)30-5)18-13-26-29(4)14-18/h6-10,12-14H,11H2,1-5H3,(H,24,28). The maximum absolute atomic E-state index is 5.66. The average Bonchev–Trinajstić information content (AvgIpc) is 3.14. The Hall–Kier alpha value is -3.48. The van der Waals surface area contributed by atoms with Crippen molar-refractivity contribution in [3.05, 3.63) is 60.4 Å². The van der Waals surface area contributed by atoms with Gasteiger partial charge < -0.3 is 10.1 Å². The minimum atomic E-state index is -0.113. The van der Waals surface area contributed by atoms with Crippen molar-refractivity contribution in [1.82, 2.24) is 24.7 Å². The summed E-state index contributed by atoms with van der Waals surface area (Å²) < 4.78 is 7.44. The number of anilines is 1. The van der Waals surface area contributed by atoms with E-state index in [1.54, 1.807) is 18.0 Å². The van der Waals surface area contributed by atoms with Crippen molar-refractivity contribution in [3.63, 3.8) is 0 Å². The number of methoxy groups -OCH3 is 1. The molecule has 0 spiro atoms. The van der Waals surface area contributed by atoms with E-state index in [0.717, 1.165) is 45.0 Å². The van der Waals surface area contributed by atoms with Gasteiger partial charge in [0.2, 0.25) is 0 Å². The van der Waals surface area contributed by atoms with Crippen molar-refractivity contribution < 1.29 is 4.74 Å². The Morgan fingerprint density at radius 2 is 1.90 bits per heavy atom. The van der Waals surface area contributed by atoms with Gasteiger partial charge in [0.15, 0.2) is 5.82 Å². The van der Waals surface area contributed by atoms with Crippen LogP contribution in [0.25, 0.3) is 22.0 Å². The predicted molar refractivity (Wildman–Crippen MR) is 119 cm³/mol. The van der Waals surface area contributed by atoms with E-state index >= 15 is 0 Å². The van der Waals surface area contributed by atoms with Gasteiger partial charge in [-0.05, 0) is 38.5 Å². The summed E-state index contributed by atoms with van der Waals surface area (Å²) in [6.07, 6.45) is 8.02. The second-order valence-electron chi connectivity index (χ2n) is 8.36. The van der Waals surface area contributed by atoms with Crippen LogP contribution in [0.2, 0.25) is 0 Å². The van der Waals surface area contributed by atoms with Gasteiger partial charge in [0.25, 0.3) is 0 Å². The van der Waals surface area contributed by atoms with Gasteiger partial charge in [-0.1, -0.05) is 12.1 Å². The molecule has 0 radical (unpaired) electrons. The summed E-state index contributed by atoms with van der Waals surface area (Å²) >= 11 is 0. The first-order valence-electron chi connectivity index (χ1n) is 9.87. The van der Waals surface area contributed by atoms with Crippen LogP contribution in [0.15, 0.2) is 49.1 Å². The fraction of sp³-hybridized carbons (Fsp3) is 0.304. The number of pyridine rings is 1. The van der Waals surface area contributed by atoms with E-state index in [0.29, 0.717) is 6.42 Å². The minimum absolute atomic E-state index is 0.113. The zero-order valence-corrected chi connectivity index (χ0v) is 18.0. The predicted octanol–water partition coefficient (Wildman–Crippen LogP) is 4.24. The second-order valence-corrected chi connectivity index (χ2v) is 8.36. The SMILES string of the molecule is COc1cc(-c2cnn(C)c2)ccc1Cc1ncc2ccnc(NC(C)(C)C)c2n1. The first-order valence-corrected chi connectivity index (χ1v) is 9.87. The second kappa shape index (κ2) is 7.74. The number of fused-ring (bicyclic) bond motifs is 1. The van der Waals surface area contributed by atoms with Gasteiger partial charge in [-0.2, -0.15) is 5.10 Å². The summed E-state index contributed by atoms with van der Waals surface area (Å²) in [6.45, 7) is 6.30. The lowest BCUT2D eigenvalue weighted by Crippen LogP contribution is -2.27. The largest absolute Gasteiger partial charge is 0.496 e. The number of ether oxygens (including phenoxy) is 1. The molecule has 0 bridgehead atoms. The summed E-state index contributed by atoms with van der Waals surface area (Å²) in [7, 11) is 3.59. The van der Waals surface area contributed by atoms with Gasteiger partial charge in [-0.25, -0.2) is 15.0 Å². The molecule has 0 aliphatic rings. The number of hydrogen-bond donors (Lipinski definition) is 1. The van der Waals surface area contributed by atoms with Gasteiger partial charge in [0.05, 0.1) is 13.3 Å². The highest BCUT2D eigenvalue weighted by atomic mass is 16.5. The lowest BCUT2D eigenvalue weighted by Gasteiger charge is -2.22. The van der Waals surface area contributed by atoms with Crippen molar-refractivity contribution in [1.29, 1.82) is 0 Å². The van der Waals surface area contributed by atoms with E-state index in [-0.39, 0.29) is 5.54 Å². The molecule has 0 unspecified atom stereocenters. The molecule has 3 heterocycles. The van der Waals surface area contributed by atoms with Crippen LogP contribution in [0, 0.1) is 0 Å². The van der Waals surface area contributed by atoms with Crippen LogP contribution in [0.5, 0.6) is 5.75 Å². The molecule has 0 aliphatic heterocycles. The molecule has 7 nitrogen and oxygen atoms in total. The van der Waals surface area contributed by atoms with E-state index in [9.17, 15) is 0 Å². The Kier molecular flexibility index (Phi) is 5.11. The zero-order valence-electron chi connectivity index (χ0n) is 18.0. The fourth-order valence-corrected chi connectivity index (χ4v) is 3.34. The fourth-order valence-electron chi connectivity index (χ4n) is 3.34. The van der Waals surface area contributed by atoms with Crippen LogP contribution < -0.4 is 10.1 Å². The molecular weight excluding hydrogens is 376 g/mol. The normalized spacial score (nSPS) is 11.6. The maximum atomic E-state index is 5.66. The van der Waals surface area contributed by atoms with Gasteiger partial charge in [0.1, 0.15) is 17.1 Å². The van der Waals surface area contributed by atoms with E-state index in [2.05, 4.69) is 53.3 Å². The van der Waals surface area contributed by atoms with E-state index in [4.69, 9.17) is 9.72 Å². The van der Waals surface area contributed by atoms with E-state index in [1.807, 2.05) is 37.8 Å². The van der Waals surface area contributed by atoms with Gasteiger partial charge >= 0.3 is 0 Å². The molecular formula is C23H26N6O. The molecule has 4 rings (SSSR count). The molecule has 0 amide bonds. The summed E-state index contributed by atoms with van der Waals surface area (Å²) in [5, 5.41) is 8.63. The maximum Gasteiger partial charge on any atom is 0.153 e. The molecule has 0 saturated carbocycles. The van der Waals surface area contributed by atoms with Crippen LogP contribution in [0.4, 0.5) is 5.82 Å². The molecule has 0 atom stereocenters. The van der Waals surface area contributed by atoms with E-state index < -0.39 is 0 Å². The molecule has 30 heavy (non-hydrogen) atoms. The smallest absolute Gasteiger partial charge is 0.153 e. The Labute approximate surface area is 176 Å². The third kappa shape index (κ3) is 4.25. The third-order valence-corrected chi connectivity index (χ3v) is 4.72. The summed E-state index contributed by atoms with van der Waals surface area (Å²) in [5.74, 6) is 2.29. The van der Waals surface area contributed by atoms with Crippen LogP contribution in [-0.4, -0.2) is 37.4 Å². The molecule has 1 N–H and O–H groups in total. The van der Waals surface area contributed by atoms with Crippen LogP contribution >= 0.6 is 0 Å². The number of benzene rings is 1. The van der Waals surface area contributed by atoms with Crippen LogP contribution in [-0.2, 0) is 13.5 Å². The Morgan fingerprint density at radius 1 is 1.07 bits per heavy atom. The molecule has 154 valence electrons. The zero-order chi connectivity index (χ0) is 21.3. The molecule has 4 aromatic rings. The average molecular weight is 403 g/mol. The number of aryl methyl sites for hydroxylation is 1. The topological polar surface area (TPSA) is 77.8 Å². The highest BCUT2D eigenvalue weighted by Gasteiger charge is 2.15. The van der Waals surface area contributed by atoms with E-state index in [1.165, 1.54) is 0 Å². The third-order valence-electron chi connectivity index (χ3n) is 4.72. The molecule has 7 heteroatoms. The lowest BCUT2D eigenvalue weighted by atomic mass is 10.0. The van der Waals surface area contributed by atoms with Crippen molar-refractivity contribution in [2.24, 2.45) is 7.05 Å². The first kappa shape index (κ1) is 19.8. The van der Waals surface area contributed by atoms with Gasteiger partial charge in [-0.15, -0.1) is 0 Å². The molecule has 0 aliphatic carbocycles. The highest BCUT2D eigenvalue weighted by Crippen LogP contribution is 2.29. The Balaban J connectivity index is 1.67. The number of rotatable bonds is 5. The van der Waals surface area contributed by atoms with Crippen molar-refractivity contribution >= 4 is 16.7 Å². The van der Waals surface area contributed by atoms with Crippen molar-refractivity contribution in [2.45, 2.75) is 32.7 Å². The van der Waals surface area contributed by atoms with Gasteiger partial charge in [0, 0.05) is 54.1 Å². The van der Waals surface area contributed by atoms with Crippen molar-refractivity contribution in [2.75, 3.05) is 12.4 Å². The summed E-state index contributed by atoms with van der Waals surface area (Å²) in [4.78, 5) is 13.9. The van der Waals surface area contributed by atoms with Crippen molar-refractivity contribution in [3.8, 4) is 16.9 Å². The lowest BCUT2D eigenvalue weighted by molar-refractivity contribution is 0.410. The van der Waals surface area contributed by atoms with Gasteiger partial charge in [-0.3, -0.25) is 4.68 Å². The highest BCUT2D eigenvalue weighted by molar-refractivity contribution is 5.87. The number of aromatic nitrogens is 5. The monoisotopic (exact) mass is 402 g/mol.